The Hall–Kier alpha value is -0.790. The van der Waals surface area contributed by atoms with Gasteiger partial charge in [0.15, 0.2) is 0 Å². The second kappa shape index (κ2) is 8.00. The van der Waals surface area contributed by atoms with E-state index in [1.165, 1.54) is 6.07 Å². The molecule has 1 aromatic rings. The molecule has 1 aromatic carbocycles. The topological polar surface area (TPSA) is 35.5 Å². The monoisotopic (exact) mass is 368 g/mol. The Balaban J connectivity index is 2.64. The third-order valence-electron chi connectivity index (χ3n) is 3.18. The Bertz CT molecular complexity index is 450. The van der Waals surface area contributed by atoms with Gasteiger partial charge < -0.3 is 15.3 Å². The van der Waals surface area contributed by atoms with Crippen molar-refractivity contribution in [2.45, 2.75) is 26.1 Å². The van der Waals surface area contributed by atoms with Gasteiger partial charge in [0.2, 0.25) is 0 Å². The van der Waals surface area contributed by atoms with Crippen LogP contribution in [0.25, 0.3) is 0 Å². The van der Waals surface area contributed by atoms with Crippen molar-refractivity contribution in [3.8, 4) is 0 Å². The normalized spacial score (nSPS) is 13.5. The van der Waals surface area contributed by atoms with E-state index in [0.29, 0.717) is 12.2 Å². The van der Waals surface area contributed by atoms with E-state index in [2.05, 4.69) is 26.1 Å². The molecule has 0 amide bonds. The zero-order valence-electron chi connectivity index (χ0n) is 12.0. The van der Waals surface area contributed by atoms with Crippen LogP contribution >= 0.6 is 15.9 Å². The molecule has 2 N–H and O–H groups in total. The lowest BCUT2D eigenvalue weighted by molar-refractivity contribution is -0.138. The smallest absolute Gasteiger partial charge is 0.390 e. The Morgan fingerprint density at radius 1 is 1.29 bits per heavy atom. The molecule has 1 atom stereocenters. The first-order chi connectivity index (χ1) is 9.77. The molecule has 0 aromatic heterocycles. The van der Waals surface area contributed by atoms with Crippen molar-refractivity contribution in [3.63, 3.8) is 0 Å². The first-order valence-corrected chi connectivity index (χ1v) is 7.58. The van der Waals surface area contributed by atoms with E-state index in [4.69, 9.17) is 0 Å². The van der Waals surface area contributed by atoms with Crippen molar-refractivity contribution in [1.29, 1.82) is 0 Å². The van der Waals surface area contributed by atoms with Crippen LogP contribution in [-0.4, -0.2) is 42.3 Å². The van der Waals surface area contributed by atoms with Gasteiger partial charge in [0.1, 0.15) is 0 Å². The molecule has 0 bridgehead atoms. The highest BCUT2D eigenvalue weighted by molar-refractivity contribution is 9.10. The predicted octanol–water partition coefficient (Wildman–Crippen LogP) is 3.58. The van der Waals surface area contributed by atoms with E-state index in [0.717, 1.165) is 19.2 Å². The number of likely N-dealkylation sites (N-methyl/N-ethyl adjacent to an activating group) is 1. The fraction of sp³-hybridized carbons (Fsp3) is 0.571. The summed E-state index contributed by atoms with van der Waals surface area (Å²) in [6, 6.07) is 3.93. The van der Waals surface area contributed by atoms with Gasteiger partial charge in [-0.2, -0.15) is 13.2 Å². The van der Waals surface area contributed by atoms with E-state index in [1.807, 2.05) is 13.8 Å². The van der Waals surface area contributed by atoms with Crippen molar-refractivity contribution in [3.05, 3.63) is 28.2 Å². The standard InChI is InChI=1S/C14H20BrF3N2O/c1-3-20(4-2)9-11(21)8-19-10-5-6-13(15)12(7-10)14(16,17)18/h5-7,11,19,21H,3-4,8-9H2,1-2H3. The lowest BCUT2D eigenvalue weighted by Gasteiger charge is -2.22. The molecule has 0 fully saturated rings. The maximum absolute atomic E-state index is 12.8. The molecule has 7 heteroatoms. The minimum absolute atomic E-state index is 0.00393. The zero-order valence-corrected chi connectivity index (χ0v) is 13.6. The fourth-order valence-corrected chi connectivity index (χ4v) is 2.40. The molecule has 0 aliphatic carbocycles. The fourth-order valence-electron chi connectivity index (χ4n) is 1.93. The van der Waals surface area contributed by atoms with E-state index in [-0.39, 0.29) is 11.0 Å². The first kappa shape index (κ1) is 18.3. The highest BCUT2D eigenvalue weighted by Gasteiger charge is 2.33. The minimum atomic E-state index is -4.41. The second-order valence-corrected chi connectivity index (χ2v) is 5.57. The van der Waals surface area contributed by atoms with Crippen molar-refractivity contribution in [2.75, 3.05) is 31.5 Å². The summed E-state index contributed by atoms with van der Waals surface area (Å²) in [6.07, 6.45) is -5.04. The summed E-state index contributed by atoms with van der Waals surface area (Å²) in [5, 5.41) is 12.7. The molecule has 1 unspecified atom stereocenters. The summed E-state index contributed by atoms with van der Waals surface area (Å²) in [5.74, 6) is 0. The van der Waals surface area contributed by atoms with Gasteiger partial charge >= 0.3 is 6.18 Å². The number of benzene rings is 1. The second-order valence-electron chi connectivity index (χ2n) is 4.71. The zero-order chi connectivity index (χ0) is 16.0. The van der Waals surface area contributed by atoms with Crippen molar-refractivity contribution >= 4 is 21.6 Å². The molecule has 120 valence electrons. The molecule has 0 saturated heterocycles. The molecular formula is C14H20BrF3N2O. The predicted molar refractivity (Wildman–Crippen MR) is 81.4 cm³/mol. The summed E-state index contributed by atoms with van der Waals surface area (Å²) in [5.41, 5.74) is -0.394. The highest BCUT2D eigenvalue weighted by Crippen LogP contribution is 2.36. The summed E-state index contributed by atoms with van der Waals surface area (Å²) in [6.45, 7) is 6.33. The number of hydrogen-bond acceptors (Lipinski definition) is 3. The van der Waals surface area contributed by atoms with Gasteiger partial charge in [0, 0.05) is 23.2 Å². The summed E-state index contributed by atoms with van der Waals surface area (Å²) in [4.78, 5) is 2.05. The SMILES string of the molecule is CCN(CC)CC(O)CNc1ccc(Br)c(C(F)(F)F)c1. The number of rotatable bonds is 7. The summed E-state index contributed by atoms with van der Waals surface area (Å²) in [7, 11) is 0. The maximum atomic E-state index is 12.8. The third-order valence-corrected chi connectivity index (χ3v) is 3.87. The number of aliphatic hydroxyl groups is 1. The van der Waals surface area contributed by atoms with Crippen LogP contribution in [0.3, 0.4) is 0 Å². The lowest BCUT2D eigenvalue weighted by Crippen LogP contribution is -2.35. The number of anilines is 1. The van der Waals surface area contributed by atoms with Gasteiger partial charge in [-0.15, -0.1) is 0 Å². The van der Waals surface area contributed by atoms with E-state index >= 15 is 0 Å². The molecule has 1 rings (SSSR count). The van der Waals surface area contributed by atoms with Gasteiger partial charge in [-0.05, 0) is 31.3 Å². The Morgan fingerprint density at radius 2 is 1.90 bits per heavy atom. The van der Waals surface area contributed by atoms with Crippen LogP contribution in [0.2, 0.25) is 0 Å². The van der Waals surface area contributed by atoms with E-state index in [9.17, 15) is 18.3 Å². The van der Waals surface area contributed by atoms with Crippen LogP contribution in [0.4, 0.5) is 18.9 Å². The number of hydrogen-bond donors (Lipinski definition) is 2. The van der Waals surface area contributed by atoms with E-state index < -0.39 is 17.8 Å². The molecule has 0 aliphatic heterocycles. The van der Waals surface area contributed by atoms with Crippen molar-refractivity contribution < 1.29 is 18.3 Å². The number of nitrogens with one attached hydrogen (secondary N) is 1. The average molecular weight is 369 g/mol. The molecule has 0 saturated carbocycles. The first-order valence-electron chi connectivity index (χ1n) is 6.79. The number of alkyl halides is 3. The molecule has 0 radical (unpaired) electrons. The van der Waals surface area contributed by atoms with Crippen LogP contribution in [0, 0.1) is 0 Å². The molecule has 3 nitrogen and oxygen atoms in total. The summed E-state index contributed by atoms with van der Waals surface area (Å²) >= 11 is 2.89. The van der Waals surface area contributed by atoms with Crippen molar-refractivity contribution in [1.82, 2.24) is 4.90 Å². The lowest BCUT2D eigenvalue weighted by atomic mass is 10.2. The largest absolute Gasteiger partial charge is 0.417 e. The Kier molecular flexibility index (Phi) is 6.96. The quantitative estimate of drug-likeness (QED) is 0.771. The van der Waals surface area contributed by atoms with Gasteiger partial charge in [-0.1, -0.05) is 29.8 Å². The van der Waals surface area contributed by atoms with E-state index in [1.54, 1.807) is 6.07 Å². The number of aliphatic hydroxyl groups excluding tert-OH is 1. The Morgan fingerprint density at radius 3 is 2.43 bits per heavy atom. The van der Waals surface area contributed by atoms with Gasteiger partial charge in [-0.3, -0.25) is 0 Å². The molecule has 0 heterocycles. The highest BCUT2D eigenvalue weighted by atomic mass is 79.9. The molecule has 21 heavy (non-hydrogen) atoms. The number of halogens is 4. The van der Waals surface area contributed by atoms with Gasteiger partial charge in [0.05, 0.1) is 11.7 Å². The molecule has 0 spiro atoms. The Labute approximate surface area is 131 Å². The van der Waals surface area contributed by atoms with Gasteiger partial charge in [0.25, 0.3) is 0 Å². The third kappa shape index (κ3) is 5.84. The van der Waals surface area contributed by atoms with Crippen LogP contribution in [0.15, 0.2) is 22.7 Å². The average Bonchev–Trinajstić information content (AvgIpc) is 2.42. The minimum Gasteiger partial charge on any atom is -0.390 e. The molecule has 0 aliphatic rings. The summed E-state index contributed by atoms with van der Waals surface area (Å²) < 4.78 is 38.3. The number of nitrogens with zero attached hydrogens (tertiary/aromatic N) is 1. The van der Waals surface area contributed by atoms with Crippen LogP contribution in [-0.2, 0) is 6.18 Å². The van der Waals surface area contributed by atoms with Crippen molar-refractivity contribution in [2.24, 2.45) is 0 Å². The van der Waals surface area contributed by atoms with Gasteiger partial charge in [-0.25, -0.2) is 0 Å². The maximum Gasteiger partial charge on any atom is 0.417 e. The van der Waals surface area contributed by atoms with Crippen LogP contribution in [0.5, 0.6) is 0 Å². The molecular weight excluding hydrogens is 349 g/mol. The van der Waals surface area contributed by atoms with Crippen LogP contribution in [0.1, 0.15) is 19.4 Å². The van der Waals surface area contributed by atoms with Crippen LogP contribution < -0.4 is 5.32 Å².